The van der Waals surface area contributed by atoms with Gasteiger partial charge in [-0.05, 0) is 45.4 Å². The average Bonchev–Trinajstić information content (AvgIpc) is 2.55. The lowest BCUT2D eigenvalue weighted by molar-refractivity contribution is 0.138. The fraction of sp³-hybridized carbons (Fsp3) is 0.421. The molecule has 0 aliphatic carbocycles. The molecule has 2 rings (SSSR count). The number of hydrogen-bond acceptors (Lipinski definition) is 5. The highest BCUT2D eigenvalue weighted by atomic mass is 31.2. The molecule has 0 aliphatic rings. The monoisotopic (exact) mass is 379 g/mol. The van der Waals surface area contributed by atoms with Crippen molar-refractivity contribution in [3.63, 3.8) is 0 Å². The zero-order chi connectivity index (χ0) is 19.3. The second-order valence-corrected chi connectivity index (χ2v) is 8.41. The number of nitrogens with zero attached hydrogens (tertiary/aromatic N) is 1. The van der Waals surface area contributed by atoms with Crippen molar-refractivity contribution >= 4 is 7.60 Å². The Morgan fingerprint density at radius 3 is 2.19 bits per heavy atom. The predicted octanol–water partition coefficient (Wildman–Crippen LogP) is 4.52. The second kappa shape index (κ2) is 8.67. The molecule has 142 valence electrons. The quantitative estimate of drug-likeness (QED) is 0.631. The van der Waals surface area contributed by atoms with Gasteiger partial charge in [-0.25, -0.2) is 0 Å². The van der Waals surface area contributed by atoms with Crippen LogP contribution in [0.1, 0.15) is 27.7 Å². The lowest BCUT2D eigenvalue weighted by atomic mass is 10.1. The molecule has 1 aromatic heterocycles. The van der Waals surface area contributed by atoms with Crippen LogP contribution in [0, 0.1) is 0 Å². The molecule has 0 bridgehead atoms. The van der Waals surface area contributed by atoms with E-state index in [4.69, 9.17) is 13.8 Å². The van der Waals surface area contributed by atoms with Gasteiger partial charge >= 0.3 is 7.60 Å². The first-order valence-corrected chi connectivity index (χ1v) is 10.3. The summed E-state index contributed by atoms with van der Waals surface area (Å²) in [6.45, 7) is 7.13. The van der Waals surface area contributed by atoms with E-state index in [1.54, 1.807) is 47.1 Å². The molecule has 7 heteroatoms. The number of pyridine rings is 1. The summed E-state index contributed by atoms with van der Waals surface area (Å²) >= 11 is 0. The van der Waals surface area contributed by atoms with Crippen molar-refractivity contribution in [2.75, 3.05) is 7.11 Å². The Kier molecular flexibility index (Phi) is 6.81. The minimum atomic E-state index is -3.44. The lowest BCUT2D eigenvalue weighted by Crippen LogP contribution is -2.21. The summed E-state index contributed by atoms with van der Waals surface area (Å²) in [5.74, 6) is 0.682. The Hall–Kier alpha value is -1.88. The number of para-hydroxylation sites is 1. The highest BCUT2D eigenvalue weighted by Crippen LogP contribution is 2.51. The van der Waals surface area contributed by atoms with Crippen LogP contribution in [0.3, 0.4) is 0 Å². The van der Waals surface area contributed by atoms with Gasteiger partial charge in [0.05, 0.1) is 19.3 Å². The summed E-state index contributed by atoms with van der Waals surface area (Å²) in [5, 5.41) is 0. The molecule has 2 aromatic rings. The Morgan fingerprint density at radius 2 is 1.65 bits per heavy atom. The SMILES string of the molecule is COc1ccccc1-c1ccn(CP(=O)(OC(C)C)OC(C)C)c(=O)c1. The molecule has 0 saturated carbocycles. The number of rotatable bonds is 8. The largest absolute Gasteiger partial charge is 0.496 e. The van der Waals surface area contributed by atoms with Crippen molar-refractivity contribution in [3.05, 3.63) is 52.9 Å². The van der Waals surface area contributed by atoms with Crippen molar-refractivity contribution in [1.29, 1.82) is 0 Å². The zero-order valence-electron chi connectivity index (χ0n) is 15.8. The van der Waals surface area contributed by atoms with Crippen LogP contribution < -0.4 is 10.3 Å². The van der Waals surface area contributed by atoms with E-state index in [0.29, 0.717) is 5.75 Å². The normalized spacial score (nSPS) is 12.0. The average molecular weight is 379 g/mol. The molecule has 1 heterocycles. The number of benzene rings is 1. The zero-order valence-corrected chi connectivity index (χ0v) is 16.7. The molecule has 0 radical (unpaired) electrons. The molecule has 0 aliphatic heterocycles. The number of aromatic nitrogens is 1. The van der Waals surface area contributed by atoms with Gasteiger partial charge in [0.1, 0.15) is 12.0 Å². The fourth-order valence-corrected chi connectivity index (χ4v) is 4.67. The summed E-state index contributed by atoms with van der Waals surface area (Å²) in [6.07, 6.45) is 0.921. The first-order chi connectivity index (χ1) is 12.2. The van der Waals surface area contributed by atoms with Crippen LogP contribution in [-0.2, 0) is 19.9 Å². The Bertz CT molecular complexity index is 830. The van der Waals surface area contributed by atoms with Crippen LogP contribution in [0.2, 0.25) is 0 Å². The van der Waals surface area contributed by atoms with E-state index >= 15 is 0 Å². The Morgan fingerprint density at radius 1 is 1.04 bits per heavy atom. The molecule has 0 atom stereocenters. The van der Waals surface area contributed by atoms with Gasteiger partial charge in [0.2, 0.25) is 0 Å². The molecular formula is C19H26NO5P. The topological polar surface area (TPSA) is 66.8 Å². The van der Waals surface area contributed by atoms with E-state index in [2.05, 4.69) is 0 Å². The van der Waals surface area contributed by atoms with Crippen molar-refractivity contribution < 1.29 is 18.3 Å². The first-order valence-electron chi connectivity index (χ1n) is 8.54. The first kappa shape index (κ1) is 20.4. The fourth-order valence-electron chi connectivity index (χ4n) is 2.60. The van der Waals surface area contributed by atoms with E-state index in [1.165, 1.54) is 10.6 Å². The standard InChI is InChI=1S/C19H26NO5P/c1-14(2)24-26(22,25-15(3)4)13-20-11-10-16(12-19(20)21)17-8-6-7-9-18(17)23-5/h6-12,14-15H,13H2,1-5H3. The van der Waals surface area contributed by atoms with E-state index in [9.17, 15) is 9.36 Å². The summed E-state index contributed by atoms with van der Waals surface area (Å²) in [4.78, 5) is 12.6. The smallest absolute Gasteiger partial charge is 0.350 e. The van der Waals surface area contributed by atoms with Gasteiger partial charge in [-0.15, -0.1) is 0 Å². The highest BCUT2D eigenvalue weighted by Gasteiger charge is 2.28. The summed E-state index contributed by atoms with van der Waals surface area (Å²) in [5.41, 5.74) is 1.26. The number of methoxy groups -OCH3 is 1. The summed E-state index contributed by atoms with van der Waals surface area (Å²) in [6, 6.07) is 10.7. The maximum Gasteiger partial charge on any atom is 0.350 e. The third-order valence-corrected chi connectivity index (χ3v) is 5.62. The highest BCUT2D eigenvalue weighted by molar-refractivity contribution is 7.52. The predicted molar refractivity (Wildman–Crippen MR) is 103 cm³/mol. The van der Waals surface area contributed by atoms with Gasteiger partial charge < -0.3 is 18.4 Å². The molecule has 26 heavy (non-hydrogen) atoms. The van der Waals surface area contributed by atoms with Crippen LogP contribution >= 0.6 is 7.60 Å². The van der Waals surface area contributed by atoms with Crippen LogP contribution in [0.4, 0.5) is 0 Å². The van der Waals surface area contributed by atoms with E-state index in [0.717, 1.165) is 11.1 Å². The minimum absolute atomic E-state index is 0.131. The molecule has 0 amide bonds. The third kappa shape index (κ3) is 5.31. The molecule has 0 saturated heterocycles. The minimum Gasteiger partial charge on any atom is -0.496 e. The lowest BCUT2D eigenvalue weighted by Gasteiger charge is -2.23. The molecular weight excluding hydrogens is 353 g/mol. The van der Waals surface area contributed by atoms with Crippen LogP contribution in [0.15, 0.2) is 47.4 Å². The van der Waals surface area contributed by atoms with Crippen molar-refractivity contribution in [3.8, 4) is 16.9 Å². The molecule has 6 nitrogen and oxygen atoms in total. The third-order valence-electron chi connectivity index (χ3n) is 3.48. The van der Waals surface area contributed by atoms with E-state index < -0.39 is 7.60 Å². The van der Waals surface area contributed by atoms with Gasteiger partial charge in [0, 0.05) is 17.8 Å². The number of ether oxygens (including phenoxy) is 1. The van der Waals surface area contributed by atoms with E-state index in [1.807, 2.05) is 24.3 Å². The molecule has 1 aromatic carbocycles. The van der Waals surface area contributed by atoms with Gasteiger partial charge in [-0.3, -0.25) is 9.36 Å². The van der Waals surface area contributed by atoms with Crippen molar-refractivity contribution in [2.24, 2.45) is 0 Å². The second-order valence-electron chi connectivity index (χ2n) is 6.48. The van der Waals surface area contributed by atoms with Gasteiger partial charge in [0.15, 0.2) is 0 Å². The molecule has 0 unspecified atom stereocenters. The molecule has 0 N–H and O–H groups in total. The maximum atomic E-state index is 13.0. The van der Waals surface area contributed by atoms with Gasteiger partial charge in [0.25, 0.3) is 5.56 Å². The maximum absolute atomic E-state index is 13.0. The molecule has 0 fully saturated rings. The Balaban J connectivity index is 2.34. The molecule has 0 spiro atoms. The number of hydrogen-bond donors (Lipinski definition) is 0. The Labute approximate surface area is 154 Å². The van der Waals surface area contributed by atoms with Gasteiger partial charge in [-0.2, -0.15) is 0 Å². The van der Waals surface area contributed by atoms with E-state index in [-0.39, 0.29) is 24.1 Å². The van der Waals surface area contributed by atoms with Crippen LogP contribution in [0.25, 0.3) is 11.1 Å². The van der Waals surface area contributed by atoms with Crippen molar-refractivity contribution in [2.45, 2.75) is 46.2 Å². The summed E-state index contributed by atoms with van der Waals surface area (Å²) < 4.78 is 30.7. The summed E-state index contributed by atoms with van der Waals surface area (Å²) in [7, 11) is -1.86. The van der Waals surface area contributed by atoms with Gasteiger partial charge in [-0.1, -0.05) is 18.2 Å². The van der Waals surface area contributed by atoms with Crippen LogP contribution in [-0.4, -0.2) is 23.9 Å². The van der Waals surface area contributed by atoms with Crippen molar-refractivity contribution in [1.82, 2.24) is 4.57 Å². The van der Waals surface area contributed by atoms with Crippen LogP contribution in [0.5, 0.6) is 5.75 Å².